The Balaban J connectivity index is 1.32. The minimum atomic E-state index is -0.356. The number of epoxide rings is 1. The Morgan fingerprint density at radius 2 is 1.47 bits per heavy atom. The second-order valence-corrected chi connectivity index (χ2v) is 8.00. The molecule has 2 atom stereocenters. The molecule has 1 saturated heterocycles. The van der Waals surface area contributed by atoms with Crippen LogP contribution in [0.15, 0.2) is 61.2 Å². The number of unbranched alkanes of at least 4 members (excludes halogenated alkanes) is 3. The van der Waals surface area contributed by atoms with E-state index in [1.54, 1.807) is 0 Å². The second kappa shape index (κ2) is 12.9. The molecule has 1 aliphatic heterocycles. The smallest absolute Gasteiger partial charge is 0.330 e. The lowest BCUT2D eigenvalue weighted by atomic mass is 10.1. The van der Waals surface area contributed by atoms with Crippen LogP contribution in [0.2, 0.25) is 0 Å². The SMILES string of the molecule is C=CC(=O)OCCCCCCOc1ccc(-c2ccc(OC[C@@H]3O[C@H]3CCC)cc2)cc1. The van der Waals surface area contributed by atoms with Gasteiger partial charge in [0.25, 0.3) is 0 Å². The van der Waals surface area contributed by atoms with E-state index in [1.165, 1.54) is 6.08 Å². The minimum Gasteiger partial charge on any atom is -0.494 e. The van der Waals surface area contributed by atoms with Gasteiger partial charge in [0.05, 0.1) is 19.3 Å². The molecule has 0 amide bonds. The van der Waals surface area contributed by atoms with Crippen LogP contribution in [0, 0.1) is 0 Å². The average Bonchev–Trinajstić information content (AvgIpc) is 3.58. The lowest BCUT2D eigenvalue weighted by Crippen LogP contribution is -2.07. The second-order valence-electron chi connectivity index (χ2n) is 8.00. The first-order chi connectivity index (χ1) is 15.7. The largest absolute Gasteiger partial charge is 0.494 e. The summed E-state index contributed by atoms with van der Waals surface area (Å²) in [5, 5.41) is 0. The van der Waals surface area contributed by atoms with Crippen molar-refractivity contribution in [3.8, 4) is 22.6 Å². The molecule has 0 spiro atoms. The highest BCUT2D eigenvalue weighted by Gasteiger charge is 2.38. The van der Waals surface area contributed by atoms with Crippen LogP contribution in [0.5, 0.6) is 11.5 Å². The zero-order valence-corrected chi connectivity index (χ0v) is 19.0. The van der Waals surface area contributed by atoms with E-state index in [2.05, 4.69) is 37.8 Å². The number of rotatable bonds is 15. The lowest BCUT2D eigenvalue weighted by Gasteiger charge is -2.09. The third-order valence-electron chi connectivity index (χ3n) is 5.44. The van der Waals surface area contributed by atoms with Crippen molar-refractivity contribution in [3.63, 3.8) is 0 Å². The summed E-state index contributed by atoms with van der Waals surface area (Å²) in [4.78, 5) is 10.9. The van der Waals surface area contributed by atoms with Crippen LogP contribution in [0.1, 0.15) is 45.4 Å². The lowest BCUT2D eigenvalue weighted by molar-refractivity contribution is -0.137. The summed E-state index contributed by atoms with van der Waals surface area (Å²) >= 11 is 0. The van der Waals surface area contributed by atoms with E-state index in [4.69, 9.17) is 18.9 Å². The Labute approximate surface area is 191 Å². The van der Waals surface area contributed by atoms with Crippen molar-refractivity contribution in [2.24, 2.45) is 0 Å². The van der Waals surface area contributed by atoms with E-state index in [0.717, 1.165) is 61.2 Å². The van der Waals surface area contributed by atoms with Crippen molar-refractivity contribution in [2.75, 3.05) is 19.8 Å². The molecule has 2 aromatic carbocycles. The molecule has 1 heterocycles. The first kappa shape index (κ1) is 23.9. The van der Waals surface area contributed by atoms with Crippen molar-refractivity contribution in [1.82, 2.24) is 0 Å². The monoisotopic (exact) mass is 438 g/mol. The Morgan fingerprint density at radius 3 is 2.06 bits per heavy atom. The molecule has 5 nitrogen and oxygen atoms in total. The third kappa shape index (κ3) is 8.04. The van der Waals surface area contributed by atoms with Gasteiger partial charge in [0.15, 0.2) is 0 Å². The summed E-state index contributed by atoms with van der Waals surface area (Å²) in [6.07, 6.45) is 7.99. The molecule has 0 aromatic heterocycles. The first-order valence-corrected chi connectivity index (χ1v) is 11.6. The van der Waals surface area contributed by atoms with E-state index in [0.29, 0.717) is 25.9 Å². The molecule has 32 heavy (non-hydrogen) atoms. The van der Waals surface area contributed by atoms with Gasteiger partial charge in [-0.1, -0.05) is 44.2 Å². The van der Waals surface area contributed by atoms with Gasteiger partial charge in [-0.05, 0) is 67.5 Å². The van der Waals surface area contributed by atoms with Gasteiger partial charge in [0, 0.05) is 6.08 Å². The summed E-state index contributed by atoms with van der Waals surface area (Å²) in [7, 11) is 0. The van der Waals surface area contributed by atoms with Gasteiger partial charge >= 0.3 is 5.97 Å². The van der Waals surface area contributed by atoms with Crippen molar-refractivity contribution < 1.29 is 23.7 Å². The Bertz CT molecular complexity index is 828. The van der Waals surface area contributed by atoms with E-state index in [1.807, 2.05) is 24.3 Å². The predicted molar refractivity (Wildman–Crippen MR) is 126 cm³/mol. The van der Waals surface area contributed by atoms with Gasteiger partial charge in [0.1, 0.15) is 24.2 Å². The molecule has 0 saturated carbocycles. The van der Waals surface area contributed by atoms with Gasteiger partial charge in [-0.2, -0.15) is 0 Å². The fourth-order valence-electron chi connectivity index (χ4n) is 3.51. The Morgan fingerprint density at radius 1 is 0.875 bits per heavy atom. The molecule has 0 aliphatic carbocycles. The number of ether oxygens (including phenoxy) is 4. The van der Waals surface area contributed by atoms with Gasteiger partial charge in [-0.15, -0.1) is 0 Å². The molecule has 1 fully saturated rings. The molecule has 1 aliphatic rings. The summed E-state index contributed by atoms with van der Waals surface area (Å²) in [5.41, 5.74) is 2.29. The van der Waals surface area contributed by atoms with E-state index < -0.39 is 0 Å². The number of esters is 1. The van der Waals surface area contributed by atoms with Gasteiger partial charge in [-0.25, -0.2) is 4.79 Å². The highest BCUT2D eigenvalue weighted by molar-refractivity contribution is 5.81. The number of carbonyl (C=O) groups is 1. The maximum Gasteiger partial charge on any atom is 0.330 e. The maximum absolute atomic E-state index is 10.9. The van der Waals surface area contributed by atoms with Crippen molar-refractivity contribution in [2.45, 2.75) is 57.7 Å². The topological polar surface area (TPSA) is 57.3 Å². The molecule has 2 aromatic rings. The molecular weight excluding hydrogens is 404 g/mol. The van der Waals surface area contributed by atoms with E-state index in [9.17, 15) is 4.79 Å². The normalized spacial score (nSPS) is 16.9. The highest BCUT2D eigenvalue weighted by Crippen LogP contribution is 2.28. The van der Waals surface area contributed by atoms with Crippen molar-refractivity contribution in [3.05, 3.63) is 61.2 Å². The van der Waals surface area contributed by atoms with Crippen LogP contribution in [0.4, 0.5) is 0 Å². The fraction of sp³-hybridized carbons (Fsp3) is 0.444. The molecule has 3 rings (SSSR count). The van der Waals surface area contributed by atoms with Crippen LogP contribution < -0.4 is 9.47 Å². The fourth-order valence-corrected chi connectivity index (χ4v) is 3.51. The molecule has 0 radical (unpaired) electrons. The molecule has 0 bridgehead atoms. The van der Waals surface area contributed by atoms with Crippen molar-refractivity contribution >= 4 is 5.97 Å². The summed E-state index contributed by atoms with van der Waals surface area (Å²) in [5.74, 6) is 1.39. The quantitative estimate of drug-likeness (QED) is 0.148. The van der Waals surface area contributed by atoms with Crippen molar-refractivity contribution in [1.29, 1.82) is 0 Å². The van der Waals surface area contributed by atoms with Crippen LogP contribution in [0.3, 0.4) is 0 Å². The molecule has 0 unspecified atom stereocenters. The average molecular weight is 439 g/mol. The third-order valence-corrected chi connectivity index (χ3v) is 5.44. The summed E-state index contributed by atoms with van der Waals surface area (Å²) in [6.45, 7) is 7.31. The highest BCUT2D eigenvalue weighted by atomic mass is 16.6. The van der Waals surface area contributed by atoms with E-state index >= 15 is 0 Å². The molecule has 5 heteroatoms. The summed E-state index contributed by atoms with van der Waals surface area (Å²) in [6, 6.07) is 16.3. The number of carbonyl (C=O) groups excluding carboxylic acids is 1. The van der Waals surface area contributed by atoms with Crippen LogP contribution >= 0.6 is 0 Å². The maximum atomic E-state index is 10.9. The zero-order chi connectivity index (χ0) is 22.6. The zero-order valence-electron chi connectivity index (χ0n) is 19.0. The number of hydrogen-bond acceptors (Lipinski definition) is 5. The molecule has 172 valence electrons. The number of hydrogen-bond donors (Lipinski definition) is 0. The minimum absolute atomic E-state index is 0.254. The Hall–Kier alpha value is -2.79. The van der Waals surface area contributed by atoms with E-state index in [-0.39, 0.29) is 12.1 Å². The van der Waals surface area contributed by atoms with Crippen LogP contribution in [-0.4, -0.2) is 38.0 Å². The predicted octanol–water partition coefficient (Wildman–Crippen LogP) is 5.97. The van der Waals surface area contributed by atoms with Crippen LogP contribution in [0.25, 0.3) is 11.1 Å². The van der Waals surface area contributed by atoms with Crippen LogP contribution in [-0.2, 0) is 14.3 Å². The number of benzene rings is 2. The van der Waals surface area contributed by atoms with Gasteiger partial charge < -0.3 is 18.9 Å². The van der Waals surface area contributed by atoms with Gasteiger partial charge in [0.2, 0.25) is 0 Å². The standard InChI is InChI=1S/C27H34O5/c1-3-9-25-26(32-25)20-31-24-16-12-22(13-17-24)21-10-14-23(15-11-21)29-18-7-5-6-8-19-30-27(28)4-2/h4,10-17,25-26H,2-3,5-9,18-20H2,1H3/t25-,26-/m0/s1. The summed E-state index contributed by atoms with van der Waals surface area (Å²) < 4.78 is 22.2. The molecular formula is C27H34O5. The first-order valence-electron chi connectivity index (χ1n) is 11.6. The molecule has 0 N–H and O–H groups in total. The Kier molecular flexibility index (Phi) is 9.63. The van der Waals surface area contributed by atoms with Gasteiger partial charge in [-0.3, -0.25) is 0 Å².